The van der Waals surface area contributed by atoms with Gasteiger partial charge in [0.1, 0.15) is 23.9 Å². The first-order valence-electron chi connectivity index (χ1n) is 11.8. The van der Waals surface area contributed by atoms with Crippen LogP contribution in [0.25, 0.3) is 22.2 Å². The van der Waals surface area contributed by atoms with Gasteiger partial charge in [-0.2, -0.15) is 0 Å². The molecule has 0 bridgehead atoms. The molecule has 174 valence electrons. The second-order valence-electron chi connectivity index (χ2n) is 8.88. The molecular weight excluding hydrogens is 424 g/mol. The number of hydrogen-bond donors (Lipinski definition) is 1. The summed E-state index contributed by atoms with van der Waals surface area (Å²) in [6.45, 7) is 9.26. The van der Waals surface area contributed by atoms with Crippen molar-refractivity contribution < 1.29 is 9.84 Å². The molecule has 1 aliphatic rings. The van der Waals surface area contributed by atoms with Crippen LogP contribution in [0.2, 0.25) is 0 Å². The average molecular weight is 455 g/mol. The van der Waals surface area contributed by atoms with Gasteiger partial charge in [-0.05, 0) is 72.5 Å². The molecule has 0 atom stereocenters. The Hall–Kier alpha value is -3.64. The number of rotatable bonds is 6. The monoisotopic (exact) mass is 454 g/mol. The van der Waals surface area contributed by atoms with Gasteiger partial charge in [0, 0.05) is 32.7 Å². The molecule has 3 aromatic carbocycles. The van der Waals surface area contributed by atoms with Gasteiger partial charge in [0.05, 0.1) is 17.2 Å². The van der Waals surface area contributed by atoms with Crippen LogP contribution < -0.4 is 9.64 Å². The van der Waals surface area contributed by atoms with Crippen LogP contribution in [0.4, 0.5) is 5.82 Å². The highest BCUT2D eigenvalue weighted by Gasteiger charge is 2.19. The van der Waals surface area contributed by atoms with Gasteiger partial charge in [-0.1, -0.05) is 24.3 Å². The lowest BCUT2D eigenvalue weighted by molar-refractivity contribution is 0.200. The Morgan fingerprint density at radius 3 is 2.32 bits per heavy atom. The Morgan fingerprint density at radius 1 is 0.853 bits per heavy atom. The van der Waals surface area contributed by atoms with E-state index in [2.05, 4.69) is 26.9 Å². The van der Waals surface area contributed by atoms with E-state index in [1.807, 2.05) is 68.6 Å². The summed E-state index contributed by atoms with van der Waals surface area (Å²) in [5.74, 6) is 2.20. The van der Waals surface area contributed by atoms with E-state index in [1.54, 1.807) is 0 Å². The number of benzene rings is 3. The van der Waals surface area contributed by atoms with Crippen LogP contribution in [-0.2, 0) is 0 Å². The molecule has 6 heteroatoms. The van der Waals surface area contributed by atoms with Crippen LogP contribution in [0, 0.1) is 13.8 Å². The van der Waals surface area contributed by atoms with Crippen molar-refractivity contribution in [3.8, 4) is 22.6 Å². The van der Waals surface area contributed by atoms with E-state index >= 15 is 0 Å². The van der Waals surface area contributed by atoms with Crippen LogP contribution in [0.5, 0.6) is 11.5 Å². The quantitative estimate of drug-likeness (QED) is 0.451. The number of fused-ring (bicyclic) bond motifs is 1. The summed E-state index contributed by atoms with van der Waals surface area (Å²) < 4.78 is 5.85. The van der Waals surface area contributed by atoms with E-state index in [-0.39, 0.29) is 0 Å². The Labute approximate surface area is 200 Å². The molecule has 1 fully saturated rings. The summed E-state index contributed by atoms with van der Waals surface area (Å²) in [5, 5.41) is 10.1. The van der Waals surface area contributed by atoms with Crippen molar-refractivity contribution >= 4 is 16.9 Å². The Morgan fingerprint density at radius 2 is 1.59 bits per heavy atom. The van der Waals surface area contributed by atoms with Crippen molar-refractivity contribution in [2.75, 3.05) is 44.2 Å². The van der Waals surface area contributed by atoms with Gasteiger partial charge < -0.3 is 14.7 Å². The molecule has 34 heavy (non-hydrogen) atoms. The minimum absolute atomic E-state index is 0.359. The lowest BCUT2D eigenvalue weighted by Gasteiger charge is -2.35. The first-order chi connectivity index (χ1) is 16.6. The molecule has 0 spiro atoms. The number of ether oxygens (including phenoxy) is 1. The molecule has 0 aliphatic carbocycles. The van der Waals surface area contributed by atoms with Crippen LogP contribution in [0.15, 0.2) is 66.9 Å². The standard InChI is InChI=1S/C28H30N4O2/c1-20-16-23(17-21(2)28(20)33)22-8-9-25-26(18-22)30-27(19-29-25)32-12-10-31(11-13-32)14-15-34-24-6-4-3-5-7-24/h3-9,16-19,33H,10-15H2,1-2H3. The summed E-state index contributed by atoms with van der Waals surface area (Å²) >= 11 is 0. The fourth-order valence-electron chi connectivity index (χ4n) is 4.47. The summed E-state index contributed by atoms with van der Waals surface area (Å²) in [6, 6.07) is 20.2. The summed E-state index contributed by atoms with van der Waals surface area (Å²) in [7, 11) is 0. The fourth-order valence-corrected chi connectivity index (χ4v) is 4.47. The minimum atomic E-state index is 0.359. The molecule has 6 nitrogen and oxygen atoms in total. The highest BCUT2D eigenvalue weighted by atomic mass is 16.5. The van der Waals surface area contributed by atoms with Crippen molar-refractivity contribution in [1.82, 2.24) is 14.9 Å². The van der Waals surface area contributed by atoms with E-state index < -0.39 is 0 Å². The average Bonchev–Trinajstić information content (AvgIpc) is 2.87. The van der Waals surface area contributed by atoms with Gasteiger partial charge in [0.15, 0.2) is 0 Å². The van der Waals surface area contributed by atoms with E-state index in [4.69, 9.17) is 9.72 Å². The normalized spacial score (nSPS) is 14.5. The van der Waals surface area contributed by atoms with Crippen LogP contribution in [0.3, 0.4) is 0 Å². The van der Waals surface area contributed by atoms with Crippen LogP contribution in [-0.4, -0.2) is 59.3 Å². The third kappa shape index (κ3) is 4.82. The first-order valence-corrected chi connectivity index (χ1v) is 11.8. The highest BCUT2D eigenvalue weighted by Crippen LogP contribution is 2.30. The van der Waals surface area contributed by atoms with Gasteiger partial charge in [-0.15, -0.1) is 0 Å². The number of aromatic nitrogens is 2. The van der Waals surface area contributed by atoms with E-state index in [0.29, 0.717) is 12.4 Å². The number of hydrogen-bond acceptors (Lipinski definition) is 6. The maximum atomic E-state index is 10.1. The minimum Gasteiger partial charge on any atom is -0.507 e. The Balaban J connectivity index is 1.24. The van der Waals surface area contributed by atoms with Crippen LogP contribution in [0.1, 0.15) is 11.1 Å². The molecular formula is C28H30N4O2. The number of nitrogens with zero attached hydrogens (tertiary/aromatic N) is 4. The number of phenolic OH excluding ortho intramolecular Hbond substituents is 1. The van der Waals surface area contributed by atoms with Gasteiger partial charge in [0.2, 0.25) is 0 Å². The lowest BCUT2D eigenvalue weighted by Crippen LogP contribution is -2.47. The number of aryl methyl sites for hydroxylation is 2. The molecule has 1 aromatic heterocycles. The topological polar surface area (TPSA) is 61.7 Å². The molecule has 1 saturated heterocycles. The largest absolute Gasteiger partial charge is 0.507 e. The molecule has 0 unspecified atom stereocenters. The molecule has 0 amide bonds. The third-order valence-corrected chi connectivity index (χ3v) is 6.47. The van der Waals surface area contributed by atoms with Crippen molar-refractivity contribution in [2.24, 2.45) is 0 Å². The summed E-state index contributed by atoms with van der Waals surface area (Å²) in [6.07, 6.45) is 1.88. The first kappa shape index (κ1) is 22.2. The van der Waals surface area contributed by atoms with Crippen molar-refractivity contribution in [1.29, 1.82) is 0 Å². The highest BCUT2D eigenvalue weighted by molar-refractivity contribution is 5.82. The molecule has 5 rings (SSSR count). The maximum Gasteiger partial charge on any atom is 0.147 e. The zero-order valence-electron chi connectivity index (χ0n) is 19.7. The summed E-state index contributed by atoms with van der Waals surface area (Å²) in [5.41, 5.74) is 5.68. The number of aromatic hydroxyl groups is 1. The number of phenols is 1. The zero-order chi connectivity index (χ0) is 23.5. The molecule has 1 aliphatic heterocycles. The number of para-hydroxylation sites is 1. The second-order valence-corrected chi connectivity index (χ2v) is 8.88. The van der Waals surface area contributed by atoms with Gasteiger partial charge in [0.25, 0.3) is 0 Å². The lowest BCUT2D eigenvalue weighted by atomic mass is 9.99. The SMILES string of the molecule is Cc1cc(-c2ccc3ncc(N4CCN(CCOc5ccccc5)CC4)nc3c2)cc(C)c1O. The van der Waals surface area contributed by atoms with Crippen molar-refractivity contribution in [2.45, 2.75) is 13.8 Å². The number of piperazine rings is 1. The molecule has 1 N–H and O–H groups in total. The zero-order valence-corrected chi connectivity index (χ0v) is 19.7. The van der Waals surface area contributed by atoms with Gasteiger partial charge in [-0.3, -0.25) is 9.88 Å². The fraction of sp³-hybridized carbons (Fsp3) is 0.286. The predicted octanol–water partition coefficient (Wildman–Crippen LogP) is 4.82. The smallest absolute Gasteiger partial charge is 0.147 e. The van der Waals surface area contributed by atoms with Crippen molar-refractivity contribution in [3.05, 3.63) is 78.0 Å². The van der Waals surface area contributed by atoms with E-state index in [9.17, 15) is 5.11 Å². The predicted molar refractivity (Wildman–Crippen MR) is 137 cm³/mol. The van der Waals surface area contributed by atoms with Gasteiger partial charge in [-0.25, -0.2) is 4.98 Å². The van der Waals surface area contributed by atoms with E-state index in [1.165, 1.54) is 0 Å². The Bertz CT molecular complexity index is 1260. The molecule has 2 heterocycles. The van der Waals surface area contributed by atoms with Crippen LogP contribution >= 0.6 is 0 Å². The third-order valence-electron chi connectivity index (χ3n) is 6.47. The second kappa shape index (κ2) is 9.69. The molecule has 4 aromatic rings. The summed E-state index contributed by atoms with van der Waals surface area (Å²) in [4.78, 5) is 14.4. The number of anilines is 1. The van der Waals surface area contributed by atoms with E-state index in [0.717, 1.165) is 77.6 Å². The maximum absolute atomic E-state index is 10.1. The molecule has 0 radical (unpaired) electrons. The van der Waals surface area contributed by atoms with Gasteiger partial charge >= 0.3 is 0 Å². The molecule has 0 saturated carbocycles. The Kier molecular flexibility index (Phi) is 6.32. The van der Waals surface area contributed by atoms with Crippen molar-refractivity contribution in [3.63, 3.8) is 0 Å².